The summed E-state index contributed by atoms with van der Waals surface area (Å²) in [5, 5.41) is 4.15. The molecule has 3 heteroatoms. The van der Waals surface area contributed by atoms with Crippen molar-refractivity contribution in [1.29, 1.82) is 0 Å². The molecule has 0 aromatic heterocycles. The average Bonchev–Trinajstić information content (AvgIpc) is 3.45. The summed E-state index contributed by atoms with van der Waals surface area (Å²) in [5.74, 6) is 2.05. The zero-order valence-electron chi connectivity index (χ0n) is 17.1. The number of hydrogen-bond acceptors (Lipinski definition) is 1. The quantitative estimate of drug-likeness (QED) is 0.343. The van der Waals surface area contributed by atoms with Crippen molar-refractivity contribution in [3.63, 3.8) is 0 Å². The molecule has 0 spiro atoms. The molecule has 2 heterocycles. The first kappa shape index (κ1) is 18.4. The lowest BCUT2D eigenvalue weighted by atomic mass is 9.69. The number of rotatable bonds is 1. The van der Waals surface area contributed by atoms with Gasteiger partial charge in [0.1, 0.15) is 0 Å². The monoisotopic (exact) mass is 443 g/mol. The van der Waals surface area contributed by atoms with Gasteiger partial charge in [-0.1, -0.05) is 83.9 Å². The van der Waals surface area contributed by atoms with Gasteiger partial charge >= 0.3 is 0 Å². The van der Waals surface area contributed by atoms with Crippen molar-refractivity contribution < 1.29 is 0 Å². The van der Waals surface area contributed by atoms with Gasteiger partial charge in [-0.05, 0) is 64.3 Å². The van der Waals surface area contributed by atoms with Crippen molar-refractivity contribution in [3.8, 4) is 0 Å². The van der Waals surface area contributed by atoms with Gasteiger partial charge in [-0.2, -0.15) is 0 Å². The van der Waals surface area contributed by atoms with Crippen molar-refractivity contribution in [2.75, 3.05) is 11.4 Å². The molecule has 0 N–H and O–H groups in total. The van der Waals surface area contributed by atoms with Crippen LogP contribution >= 0.6 is 23.2 Å². The van der Waals surface area contributed by atoms with E-state index in [1.165, 1.54) is 33.2 Å². The molecule has 7 rings (SSSR count). The van der Waals surface area contributed by atoms with E-state index in [4.69, 9.17) is 23.2 Å². The number of fused-ring (bicyclic) bond motifs is 6. The maximum atomic E-state index is 6.84. The predicted molar refractivity (Wildman–Crippen MR) is 130 cm³/mol. The second-order valence-corrected chi connectivity index (χ2v) is 10.3. The first-order chi connectivity index (χ1) is 15.2. The molecule has 1 nitrogen and oxygen atoms in total. The molecule has 31 heavy (non-hydrogen) atoms. The lowest BCUT2D eigenvalue weighted by Crippen LogP contribution is -2.46. The smallest absolute Gasteiger partial charge is 0.0645 e. The van der Waals surface area contributed by atoms with Crippen LogP contribution in [0.2, 0.25) is 10.0 Å². The highest BCUT2D eigenvalue weighted by Crippen LogP contribution is 2.61. The van der Waals surface area contributed by atoms with Crippen molar-refractivity contribution in [1.82, 2.24) is 0 Å². The Kier molecular flexibility index (Phi) is 3.93. The van der Waals surface area contributed by atoms with E-state index in [1.807, 2.05) is 6.07 Å². The molecule has 2 aliphatic heterocycles. The molecule has 0 unspecified atom stereocenters. The molecule has 2 aliphatic carbocycles. The normalized spacial score (nSPS) is 29.9. The maximum absolute atomic E-state index is 6.84. The van der Waals surface area contributed by atoms with E-state index in [0.717, 1.165) is 24.4 Å². The fourth-order valence-electron chi connectivity index (χ4n) is 6.83. The minimum atomic E-state index is 0.250. The van der Waals surface area contributed by atoms with Crippen molar-refractivity contribution in [3.05, 3.63) is 99.6 Å². The number of anilines is 1. The summed E-state index contributed by atoms with van der Waals surface area (Å²) in [6.07, 6.45) is 11.9. The molecular formula is C28H23Cl2N. The minimum absolute atomic E-state index is 0.250. The predicted octanol–water partition coefficient (Wildman–Crippen LogP) is 8.04. The van der Waals surface area contributed by atoms with E-state index in [0.29, 0.717) is 28.7 Å². The fraction of sp³-hybridized carbons (Fsp3) is 0.286. The zero-order valence-corrected chi connectivity index (χ0v) is 18.7. The van der Waals surface area contributed by atoms with Crippen LogP contribution < -0.4 is 4.90 Å². The molecule has 5 atom stereocenters. The summed E-state index contributed by atoms with van der Waals surface area (Å²) in [6, 6.07) is 17.8. The highest BCUT2D eigenvalue weighted by atomic mass is 35.5. The summed E-state index contributed by atoms with van der Waals surface area (Å²) >= 11 is 13.3. The molecule has 3 aromatic rings. The average molecular weight is 444 g/mol. The molecule has 0 amide bonds. The molecule has 154 valence electrons. The molecule has 0 radical (unpaired) electrons. The highest BCUT2D eigenvalue weighted by Gasteiger charge is 2.48. The van der Waals surface area contributed by atoms with Crippen LogP contribution in [-0.4, -0.2) is 6.54 Å². The van der Waals surface area contributed by atoms with E-state index < -0.39 is 0 Å². The van der Waals surface area contributed by atoms with Crippen LogP contribution in [0.25, 0.3) is 10.8 Å². The number of hydrogen-bond donors (Lipinski definition) is 0. The van der Waals surface area contributed by atoms with Crippen molar-refractivity contribution >= 4 is 39.7 Å². The topological polar surface area (TPSA) is 3.24 Å². The third-order valence-electron chi connectivity index (χ3n) is 8.05. The Bertz CT molecular complexity index is 1290. The summed E-state index contributed by atoms with van der Waals surface area (Å²) in [6.45, 7) is 1.08. The number of nitrogens with zero attached hydrogens (tertiary/aromatic N) is 1. The summed E-state index contributed by atoms with van der Waals surface area (Å²) in [4.78, 5) is 2.71. The Morgan fingerprint density at radius 3 is 2.61 bits per heavy atom. The molecule has 0 saturated carbocycles. The van der Waals surface area contributed by atoms with E-state index in [2.05, 4.69) is 71.7 Å². The van der Waals surface area contributed by atoms with Gasteiger partial charge in [-0.3, -0.25) is 0 Å². The Balaban J connectivity index is 1.56. The third-order valence-corrected chi connectivity index (χ3v) is 8.88. The van der Waals surface area contributed by atoms with Gasteiger partial charge in [0.05, 0.1) is 16.1 Å². The lowest BCUT2D eigenvalue weighted by molar-refractivity contribution is 0.336. The highest BCUT2D eigenvalue weighted by molar-refractivity contribution is 6.42. The molecule has 0 bridgehead atoms. The van der Waals surface area contributed by atoms with Crippen LogP contribution in [0.3, 0.4) is 0 Å². The van der Waals surface area contributed by atoms with Gasteiger partial charge in [-0.25, -0.2) is 0 Å². The molecule has 4 aliphatic rings. The van der Waals surface area contributed by atoms with Gasteiger partial charge in [0.15, 0.2) is 0 Å². The van der Waals surface area contributed by atoms with Gasteiger partial charge in [0.2, 0.25) is 0 Å². The summed E-state index contributed by atoms with van der Waals surface area (Å²) in [7, 11) is 0. The summed E-state index contributed by atoms with van der Waals surface area (Å²) < 4.78 is 0. The third kappa shape index (κ3) is 2.45. The Morgan fingerprint density at radius 1 is 0.839 bits per heavy atom. The van der Waals surface area contributed by atoms with Crippen LogP contribution in [-0.2, 0) is 0 Å². The van der Waals surface area contributed by atoms with Crippen LogP contribution in [0, 0.1) is 11.8 Å². The van der Waals surface area contributed by atoms with Crippen LogP contribution in [0.5, 0.6) is 0 Å². The second kappa shape index (κ2) is 6.64. The SMILES string of the molecule is Clc1cccc([C@@H]2[C@@H]3CC=C[C@@H]3c3c4c(cc5ccccc35)[C@@H]3C=CC[C@@H]3CN42)c1Cl. The van der Waals surface area contributed by atoms with Crippen molar-refractivity contribution in [2.45, 2.75) is 30.7 Å². The van der Waals surface area contributed by atoms with Gasteiger partial charge in [-0.15, -0.1) is 0 Å². The number of halogens is 2. The lowest BCUT2D eigenvalue weighted by Gasteiger charge is -2.52. The van der Waals surface area contributed by atoms with E-state index in [1.54, 1.807) is 0 Å². The van der Waals surface area contributed by atoms with Crippen LogP contribution in [0.15, 0.2) is 72.8 Å². The molecular weight excluding hydrogens is 421 g/mol. The second-order valence-electron chi connectivity index (χ2n) is 9.49. The molecule has 0 fully saturated rings. The van der Waals surface area contributed by atoms with Crippen LogP contribution in [0.4, 0.5) is 5.69 Å². The fourth-order valence-corrected chi connectivity index (χ4v) is 7.25. The maximum Gasteiger partial charge on any atom is 0.0645 e. The number of benzene rings is 3. The van der Waals surface area contributed by atoms with Crippen molar-refractivity contribution in [2.24, 2.45) is 11.8 Å². The Labute approximate surface area is 193 Å². The summed E-state index contributed by atoms with van der Waals surface area (Å²) in [5.41, 5.74) is 5.67. The first-order valence-corrected chi connectivity index (χ1v) is 12.1. The molecule has 0 saturated heterocycles. The van der Waals surface area contributed by atoms with E-state index in [9.17, 15) is 0 Å². The zero-order chi connectivity index (χ0) is 20.7. The van der Waals surface area contributed by atoms with E-state index in [-0.39, 0.29) is 6.04 Å². The largest absolute Gasteiger partial charge is 0.363 e. The van der Waals surface area contributed by atoms with E-state index >= 15 is 0 Å². The standard InChI is InChI=1S/C28H23Cl2N/c29-24-13-5-12-22(26(24)30)27-21-11-4-10-20(21)25-19-8-2-1-6-16(19)14-23-18-9-3-7-17(18)15-31(27)28(23)25/h1-6,8-10,12-14,17-18,20-21,27H,7,11,15H2/t17-,18-,20+,21-,27+/m1/s1. The minimum Gasteiger partial charge on any atom is -0.363 e. The Morgan fingerprint density at radius 2 is 1.68 bits per heavy atom. The first-order valence-electron chi connectivity index (χ1n) is 11.3. The number of allylic oxidation sites excluding steroid dienone is 4. The van der Waals surface area contributed by atoms with Gasteiger partial charge < -0.3 is 4.90 Å². The Hall–Kier alpha value is -2.22. The van der Waals surface area contributed by atoms with Gasteiger partial charge in [0.25, 0.3) is 0 Å². The van der Waals surface area contributed by atoms with Gasteiger partial charge in [0, 0.05) is 24.1 Å². The van der Waals surface area contributed by atoms with Crippen LogP contribution in [0.1, 0.15) is 47.4 Å². The molecule has 3 aromatic carbocycles.